The first kappa shape index (κ1) is 15.1. The fraction of sp³-hybridized carbons (Fsp3) is 0.462. The van der Waals surface area contributed by atoms with Crippen LogP contribution in [0.25, 0.3) is 0 Å². The van der Waals surface area contributed by atoms with E-state index in [0.29, 0.717) is 18.8 Å². The standard InChI is InChI=1S/C13H19N3O3/c1-13(2,12(19)14-3)8-15-7-10-9(11(17)18)5-4-6-16-10/h4-6,15H,7-8H2,1-3H3,(H,14,19)(H,17,18). The summed E-state index contributed by atoms with van der Waals surface area (Å²) < 4.78 is 0. The molecule has 104 valence electrons. The van der Waals surface area contributed by atoms with Gasteiger partial charge in [0.15, 0.2) is 0 Å². The molecule has 0 atom stereocenters. The molecule has 1 heterocycles. The monoisotopic (exact) mass is 265 g/mol. The molecule has 0 fully saturated rings. The van der Waals surface area contributed by atoms with Gasteiger partial charge in [0, 0.05) is 26.3 Å². The van der Waals surface area contributed by atoms with Crippen LogP contribution in [0, 0.1) is 5.41 Å². The van der Waals surface area contributed by atoms with Crippen LogP contribution in [-0.2, 0) is 11.3 Å². The predicted molar refractivity (Wildman–Crippen MR) is 70.8 cm³/mol. The normalized spacial score (nSPS) is 11.1. The Kier molecular flexibility index (Phi) is 5.00. The highest BCUT2D eigenvalue weighted by Crippen LogP contribution is 2.13. The molecule has 6 heteroatoms. The van der Waals surface area contributed by atoms with E-state index >= 15 is 0 Å². The average molecular weight is 265 g/mol. The number of carboxylic acid groups (broad SMARTS) is 1. The first-order valence-electron chi connectivity index (χ1n) is 5.98. The van der Waals surface area contributed by atoms with E-state index in [1.165, 1.54) is 6.07 Å². The number of aromatic nitrogens is 1. The zero-order chi connectivity index (χ0) is 14.5. The Bertz CT molecular complexity index is 472. The SMILES string of the molecule is CNC(=O)C(C)(C)CNCc1ncccc1C(=O)O. The largest absolute Gasteiger partial charge is 0.478 e. The Morgan fingerprint density at radius 1 is 1.42 bits per heavy atom. The number of hydrogen-bond donors (Lipinski definition) is 3. The lowest BCUT2D eigenvalue weighted by molar-refractivity contribution is -0.128. The second kappa shape index (κ2) is 6.29. The fourth-order valence-corrected chi connectivity index (χ4v) is 1.69. The number of pyridine rings is 1. The third-order valence-corrected chi connectivity index (χ3v) is 2.82. The maximum atomic E-state index is 11.6. The van der Waals surface area contributed by atoms with Crippen molar-refractivity contribution in [1.29, 1.82) is 0 Å². The number of carboxylic acids is 1. The maximum absolute atomic E-state index is 11.6. The van der Waals surface area contributed by atoms with Gasteiger partial charge in [0.05, 0.1) is 16.7 Å². The third kappa shape index (κ3) is 4.03. The summed E-state index contributed by atoms with van der Waals surface area (Å²) in [5.41, 5.74) is 0.0721. The highest BCUT2D eigenvalue weighted by molar-refractivity contribution is 5.88. The first-order chi connectivity index (χ1) is 8.88. The Morgan fingerprint density at radius 3 is 2.68 bits per heavy atom. The molecule has 1 amide bonds. The smallest absolute Gasteiger partial charge is 0.337 e. The summed E-state index contributed by atoms with van der Waals surface area (Å²) in [5, 5.41) is 14.7. The Balaban J connectivity index is 2.64. The van der Waals surface area contributed by atoms with Crippen molar-refractivity contribution in [2.24, 2.45) is 5.41 Å². The van der Waals surface area contributed by atoms with Crippen LogP contribution in [0.2, 0.25) is 0 Å². The number of nitrogens with one attached hydrogen (secondary N) is 2. The maximum Gasteiger partial charge on any atom is 0.337 e. The number of amides is 1. The van der Waals surface area contributed by atoms with Crippen molar-refractivity contribution < 1.29 is 14.7 Å². The topological polar surface area (TPSA) is 91.3 Å². The van der Waals surface area contributed by atoms with E-state index in [1.54, 1.807) is 19.3 Å². The number of rotatable bonds is 6. The van der Waals surface area contributed by atoms with E-state index < -0.39 is 11.4 Å². The summed E-state index contributed by atoms with van der Waals surface area (Å²) in [6.45, 7) is 4.37. The fourth-order valence-electron chi connectivity index (χ4n) is 1.69. The van der Waals surface area contributed by atoms with Gasteiger partial charge in [-0.05, 0) is 26.0 Å². The predicted octanol–water partition coefficient (Wildman–Crippen LogP) is 0.642. The molecule has 1 aromatic rings. The molecule has 1 aromatic heterocycles. The van der Waals surface area contributed by atoms with Crippen molar-refractivity contribution in [2.45, 2.75) is 20.4 Å². The van der Waals surface area contributed by atoms with Crippen molar-refractivity contribution in [3.05, 3.63) is 29.6 Å². The van der Waals surface area contributed by atoms with Crippen LogP contribution < -0.4 is 10.6 Å². The van der Waals surface area contributed by atoms with Crippen LogP contribution in [0.15, 0.2) is 18.3 Å². The number of carbonyl (C=O) groups excluding carboxylic acids is 1. The van der Waals surface area contributed by atoms with Gasteiger partial charge in [0.1, 0.15) is 0 Å². The molecule has 0 bridgehead atoms. The summed E-state index contributed by atoms with van der Waals surface area (Å²) >= 11 is 0. The summed E-state index contributed by atoms with van der Waals surface area (Å²) in [7, 11) is 1.59. The molecule has 0 spiro atoms. The Labute approximate surface area is 112 Å². The first-order valence-corrected chi connectivity index (χ1v) is 5.98. The molecule has 0 unspecified atom stereocenters. The highest BCUT2D eigenvalue weighted by Gasteiger charge is 2.26. The second-order valence-corrected chi connectivity index (χ2v) is 4.87. The molecule has 0 saturated heterocycles. The van der Waals surface area contributed by atoms with Crippen LogP contribution in [0.1, 0.15) is 29.9 Å². The van der Waals surface area contributed by atoms with Gasteiger partial charge in [0.25, 0.3) is 0 Å². The van der Waals surface area contributed by atoms with Gasteiger partial charge in [-0.2, -0.15) is 0 Å². The molecule has 0 aliphatic heterocycles. The summed E-state index contributed by atoms with van der Waals surface area (Å²) in [4.78, 5) is 26.6. The van der Waals surface area contributed by atoms with Crippen LogP contribution in [-0.4, -0.2) is 35.6 Å². The van der Waals surface area contributed by atoms with Crippen LogP contribution in [0.5, 0.6) is 0 Å². The average Bonchev–Trinajstić information content (AvgIpc) is 2.37. The van der Waals surface area contributed by atoms with E-state index in [2.05, 4.69) is 15.6 Å². The van der Waals surface area contributed by atoms with Crippen molar-refractivity contribution in [1.82, 2.24) is 15.6 Å². The minimum Gasteiger partial charge on any atom is -0.478 e. The van der Waals surface area contributed by atoms with E-state index in [1.807, 2.05) is 13.8 Å². The lowest BCUT2D eigenvalue weighted by atomic mass is 9.92. The minimum atomic E-state index is -1.00. The number of hydrogen-bond acceptors (Lipinski definition) is 4. The molecule has 6 nitrogen and oxygen atoms in total. The molecule has 0 radical (unpaired) electrons. The van der Waals surface area contributed by atoms with Crippen molar-refractivity contribution in [3.8, 4) is 0 Å². The molecule has 0 aromatic carbocycles. The highest BCUT2D eigenvalue weighted by atomic mass is 16.4. The molecule has 19 heavy (non-hydrogen) atoms. The molecule has 0 saturated carbocycles. The molecular formula is C13H19N3O3. The number of carbonyl (C=O) groups is 2. The summed E-state index contributed by atoms with van der Waals surface area (Å²) in [6.07, 6.45) is 1.55. The number of nitrogens with zero attached hydrogens (tertiary/aromatic N) is 1. The van der Waals surface area contributed by atoms with Crippen molar-refractivity contribution in [3.63, 3.8) is 0 Å². The zero-order valence-corrected chi connectivity index (χ0v) is 11.4. The lowest BCUT2D eigenvalue weighted by Crippen LogP contribution is -2.42. The van der Waals surface area contributed by atoms with Gasteiger partial charge in [-0.25, -0.2) is 4.79 Å². The summed E-state index contributed by atoms with van der Waals surface area (Å²) in [5.74, 6) is -1.07. The van der Waals surface area contributed by atoms with Crippen molar-refractivity contribution >= 4 is 11.9 Å². The molecule has 1 rings (SSSR count). The third-order valence-electron chi connectivity index (χ3n) is 2.82. The zero-order valence-electron chi connectivity index (χ0n) is 11.4. The molecule has 0 aliphatic rings. The van der Waals surface area contributed by atoms with Gasteiger partial charge in [-0.15, -0.1) is 0 Å². The van der Waals surface area contributed by atoms with Crippen molar-refractivity contribution in [2.75, 3.05) is 13.6 Å². The van der Waals surface area contributed by atoms with Crippen LogP contribution in [0.3, 0.4) is 0 Å². The van der Waals surface area contributed by atoms with E-state index in [4.69, 9.17) is 5.11 Å². The second-order valence-electron chi connectivity index (χ2n) is 4.87. The van der Waals surface area contributed by atoms with E-state index in [0.717, 1.165) is 0 Å². The minimum absolute atomic E-state index is 0.0699. The number of aromatic carboxylic acids is 1. The molecule has 3 N–H and O–H groups in total. The van der Waals surface area contributed by atoms with Gasteiger partial charge < -0.3 is 15.7 Å². The molecule has 0 aliphatic carbocycles. The Morgan fingerprint density at radius 2 is 2.11 bits per heavy atom. The van der Waals surface area contributed by atoms with Crippen LogP contribution >= 0.6 is 0 Å². The molecular weight excluding hydrogens is 246 g/mol. The van der Waals surface area contributed by atoms with Gasteiger partial charge in [0.2, 0.25) is 5.91 Å². The van der Waals surface area contributed by atoms with Gasteiger partial charge in [-0.3, -0.25) is 9.78 Å². The van der Waals surface area contributed by atoms with Gasteiger partial charge in [-0.1, -0.05) is 0 Å². The quantitative estimate of drug-likeness (QED) is 0.702. The van der Waals surface area contributed by atoms with E-state index in [9.17, 15) is 9.59 Å². The van der Waals surface area contributed by atoms with Crippen LogP contribution in [0.4, 0.5) is 0 Å². The Hall–Kier alpha value is -1.95. The van der Waals surface area contributed by atoms with E-state index in [-0.39, 0.29) is 11.5 Å². The summed E-state index contributed by atoms with van der Waals surface area (Å²) in [6, 6.07) is 3.09. The lowest BCUT2D eigenvalue weighted by Gasteiger charge is -2.22. The van der Waals surface area contributed by atoms with Gasteiger partial charge >= 0.3 is 5.97 Å².